The maximum absolute atomic E-state index is 13.2. The smallest absolute Gasteiger partial charge is 0.233 e. The molecular weight excluding hydrogens is 413 g/mol. The van der Waals surface area contributed by atoms with Gasteiger partial charge in [0.15, 0.2) is 0 Å². The van der Waals surface area contributed by atoms with Crippen LogP contribution in [0.5, 0.6) is 5.75 Å². The molecule has 0 amide bonds. The molecule has 0 aliphatic heterocycles. The normalized spacial score (nSPS) is 11.7. The lowest BCUT2D eigenvalue weighted by molar-refractivity contribution is 0.191. The summed E-state index contributed by atoms with van der Waals surface area (Å²) in [6.07, 6.45) is 2.05. The highest BCUT2D eigenvalue weighted by Gasteiger charge is 2.11. The number of aromatic nitrogens is 3. The Morgan fingerprint density at radius 2 is 1.50 bits per heavy atom. The summed E-state index contributed by atoms with van der Waals surface area (Å²) in [6, 6.07) is 12.2. The Labute approximate surface area is 186 Å². The zero-order valence-corrected chi connectivity index (χ0v) is 17.6. The summed E-state index contributed by atoms with van der Waals surface area (Å²) in [5, 5.41) is 29.0. The quantitative estimate of drug-likeness (QED) is 0.234. The van der Waals surface area contributed by atoms with Crippen molar-refractivity contribution in [3.63, 3.8) is 0 Å². The van der Waals surface area contributed by atoms with E-state index >= 15 is 0 Å². The molecule has 0 saturated heterocycles. The maximum atomic E-state index is 13.2. The van der Waals surface area contributed by atoms with E-state index in [1.165, 1.54) is 24.3 Å². The van der Waals surface area contributed by atoms with Gasteiger partial charge in [-0.2, -0.15) is 15.0 Å². The molecule has 1 heterocycles. The van der Waals surface area contributed by atoms with Gasteiger partial charge >= 0.3 is 0 Å². The molecule has 7 N–H and O–H groups in total. The number of halogens is 1. The average Bonchev–Trinajstić information content (AvgIpc) is 2.79. The molecule has 0 saturated carbocycles. The molecule has 9 nitrogen and oxygen atoms in total. The minimum atomic E-state index is -0.825. The average molecular weight is 442 g/mol. The van der Waals surface area contributed by atoms with Crippen LogP contribution in [0.3, 0.4) is 0 Å². The molecule has 3 rings (SSSR count). The highest BCUT2D eigenvalue weighted by atomic mass is 19.1. The van der Waals surface area contributed by atoms with Crippen molar-refractivity contribution in [3.8, 4) is 5.75 Å². The van der Waals surface area contributed by atoms with E-state index in [4.69, 9.17) is 5.73 Å². The molecule has 10 heteroatoms. The summed E-state index contributed by atoms with van der Waals surface area (Å²) in [6.45, 7) is 1.49. The number of phenolic OH excluding ortho intramolecular Hbond substituents is 1. The van der Waals surface area contributed by atoms with E-state index in [9.17, 15) is 14.6 Å². The van der Waals surface area contributed by atoms with Crippen molar-refractivity contribution in [2.75, 3.05) is 35.6 Å². The predicted octanol–water partition coefficient (Wildman–Crippen LogP) is 3.15. The zero-order valence-electron chi connectivity index (χ0n) is 17.6. The second-order valence-corrected chi connectivity index (χ2v) is 7.20. The van der Waals surface area contributed by atoms with Crippen LogP contribution < -0.4 is 21.7 Å². The third kappa shape index (κ3) is 7.33. The van der Waals surface area contributed by atoms with Gasteiger partial charge in [-0.15, -0.1) is 0 Å². The van der Waals surface area contributed by atoms with Gasteiger partial charge in [0.05, 0.1) is 6.10 Å². The van der Waals surface area contributed by atoms with E-state index in [1.807, 2.05) is 0 Å². The molecule has 1 atom stereocenters. The number of unbranched alkanes of at least 4 members (excludes halogenated alkanes) is 2. The second kappa shape index (κ2) is 11.8. The van der Waals surface area contributed by atoms with E-state index in [-0.39, 0.29) is 30.0 Å². The van der Waals surface area contributed by atoms with Crippen molar-refractivity contribution in [1.82, 2.24) is 15.0 Å². The molecule has 32 heavy (non-hydrogen) atoms. The molecule has 170 valence electrons. The van der Waals surface area contributed by atoms with Crippen molar-refractivity contribution in [2.45, 2.75) is 25.4 Å². The van der Waals surface area contributed by atoms with Crippen molar-refractivity contribution in [1.29, 1.82) is 0 Å². The second-order valence-electron chi connectivity index (χ2n) is 7.20. The number of aromatic hydroxyl groups is 1. The van der Waals surface area contributed by atoms with Crippen LogP contribution in [0.2, 0.25) is 0 Å². The summed E-state index contributed by atoms with van der Waals surface area (Å²) in [7, 11) is 0. The van der Waals surface area contributed by atoms with E-state index in [2.05, 4.69) is 30.9 Å². The van der Waals surface area contributed by atoms with Crippen LogP contribution in [-0.4, -0.2) is 44.8 Å². The predicted molar refractivity (Wildman–Crippen MR) is 122 cm³/mol. The van der Waals surface area contributed by atoms with Gasteiger partial charge in [0.1, 0.15) is 11.6 Å². The zero-order chi connectivity index (χ0) is 22.8. The third-order valence-electron chi connectivity index (χ3n) is 4.63. The number of anilines is 4. The minimum Gasteiger partial charge on any atom is -0.508 e. The van der Waals surface area contributed by atoms with Crippen molar-refractivity contribution < 1.29 is 14.6 Å². The lowest BCUT2D eigenvalue weighted by Crippen LogP contribution is -2.16. The summed E-state index contributed by atoms with van der Waals surface area (Å²) in [5.74, 6) is 0.713. The fraction of sp³-hybridized carbons (Fsp3) is 0.318. The van der Waals surface area contributed by atoms with Gasteiger partial charge in [-0.05, 0) is 61.3 Å². The molecular formula is C22H28FN7O2. The van der Waals surface area contributed by atoms with E-state index in [0.29, 0.717) is 30.3 Å². The highest BCUT2D eigenvalue weighted by Crippen LogP contribution is 2.19. The van der Waals surface area contributed by atoms with Crippen molar-refractivity contribution in [3.05, 3.63) is 59.9 Å². The van der Waals surface area contributed by atoms with Crippen LogP contribution in [0.4, 0.5) is 27.9 Å². The van der Waals surface area contributed by atoms with Crippen LogP contribution in [0.15, 0.2) is 48.5 Å². The first-order valence-electron chi connectivity index (χ1n) is 10.5. The number of nitrogens with one attached hydrogen (secondary N) is 3. The molecule has 3 aromatic rings. The molecule has 0 radical (unpaired) electrons. The number of rotatable bonds is 12. The van der Waals surface area contributed by atoms with Gasteiger partial charge < -0.3 is 31.9 Å². The Morgan fingerprint density at radius 3 is 2.19 bits per heavy atom. The fourth-order valence-electron chi connectivity index (χ4n) is 2.90. The Morgan fingerprint density at radius 1 is 0.844 bits per heavy atom. The number of hydrogen-bond acceptors (Lipinski definition) is 9. The summed E-state index contributed by atoms with van der Waals surface area (Å²) in [4.78, 5) is 13.1. The molecule has 1 unspecified atom stereocenters. The number of aliphatic hydroxyl groups is 1. The number of nitrogens with two attached hydrogens (primary N) is 1. The third-order valence-corrected chi connectivity index (χ3v) is 4.63. The SMILES string of the molecule is NCCCCCNc1nc(NCC(O)c2ccc(O)cc2)nc(Nc2ccc(F)cc2)n1. The van der Waals surface area contributed by atoms with Gasteiger partial charge in [0, 0.05) is 18.8 Å². The largest absolute Gasteiger partial charge is 0.508 e. The monoisotopic (exact) mass is 441 g/mol. The van der Waals surface area contributed by atoms with Gasteiger partial charge in [0.2, 0.25) is 17.8 Å². The van der Waals surface area contributed by atoms with Gasteiger partial charge in [0.25, 0.3) is 0 Å². The van der Waals surface area contributed by atoms with Crippen LogP contribution in [0.25, 0.3) is 0 Å². The fourth-order valence-corrected chi connectivity index (χ4v) is 2.90. The standard InChI is InChI=1S/C22H28FN7O2/c23-16-6-8-17(9-7-16)27-22-29-20(25-13-3-1-2-12-24)28-21(30-22)26-14-19(32)15-4-10-18(31)11-5-15/h4-11,19,31-32H,1-3,12-14,24H2,(H3,25,26,27,28,29,30). The van der Waals surface area contributed by atoms with E-state index in [0.717, 1.165) is 19.3 Å². The van der Waals surface area contributed by atoms with Gasteiger partial charge in [-0.25, -0.2) is 4.39 Å². The van der Waals surface area contributed by atoms with Crippen LogP contribution in [-0.2, 0) is 0 Å². The Balaban J connectivity index is 1.69. The van der Waals surface area contributed by atoms with Gasteiger partial charge in [-0.1, -0.05) is 18.6 Å². The van der Waals surface area contributed by atoms with Crippen molar-refractivity contribution >= 4 is 23.5 Å². The number of benzene rings is 2. The maximum Gasteiger partial charge on any atom is 0.233 e. The van der Waals surface area contributed by atoms with Crippen LogP contribution in [0, 0.1) is 5.82 Å². The van der Waals surface area contributed by atoms with E-state index < -0.39 is 6.10 Å². The Bertz CT molecular complexity index is 971. The molecule has 0 fully saturated rings. The summed E-state index contributed by atoms with van der Waals surface area (Å²) < 4.78 is 13.2. The Hall–Kier alpha value is -3.50. The number of aliphatic hydroxyl groups excluding tert-OH is 1. The Kier molecular flexibility index (Phi) is 8.52. The van der Waals surface area contributed by atoms with E-state index in [1.54, 1.807) is 24.3 Å². The molecule has 0 aliphatic carbocycles. The summed E-state index contributed by atoms with van der Waals surface area (Å²) >= 11 is 0. The molecule has 0 aliphatic rings. The number of phenols is 1. The first-order valence-corrected chi connectivity index (χ1v) is 10.5. The lowest BCUT2D eigenvalue weighted by atomic mass is 10.1. The first kappa shape index (κ1) is 23.2. The highest BCUT2D eigenvalue weighted by molar-refractivity contribution is 5.55. The lowest BCUT2D eigenvalue weighted by Gasteiger charge is -2.14. The van der Waals surface area contributed by atoms with Gasteiger partial charge in [-0.3, -0.25) is 0 Å². The summed E-state index contributed by atoms with van der Waals surface area (Å²) in [5.41, 5.74) is 6.80. The van der Waals surface area contributed by atoms with Crippen molar-refractivity contribution in [2.24, 2.45) is 5.73 Å². The molecule has 2 aromatic carbocycles. The van der Waals surface area contributed by atoms with Crippen LogP contribution >= 0.6 is 0 Å². The molecule has 1 aromatic heterocycles. The molecule has 0 spiro atoms. The molecule has 0 bridgehead atoms. The number of nitrogens with zero attached hydrogens (tertiary/aromatic N) is 3. The minimum absolute atomic E-state index is 0.130. The van der Waals surface area contributed by atoms with Crippen LogP contribution in [0.1, 0.15) is 30.9 Å². The first-order chi connectivity index (χ1) is 15.5. The number of hydrogen-bond donors (Lipinski definition) is 6. The topological polar surface area (TPSA) is 141 Å².